The molecule has 24 heavy (non-hydrogen) atoms. The van der Waals surface area contributed by atoms with Crippen molar-refractivity contribution in [1.82, 2.24) is 9.71 Å². The van der Waals surface area contributed by atoms with Crippen molar-refractivity contribution >= 4 is 11.7 Å². The summed E-state index contributed by atoms with van der Waals surface area (Å²) < 4.78 is 6.52. The molecular weight excluding hydrogens is 310 g/mol. The summed E-state index contributed by atoms with van der Waals surface area (Å²) in [6.07, 6.45) is 5.34. The van der Waals surface area contributed by atoms with Crippen LogP contribution in [0.2, 0.25) is 0 Å². The van der Waals surface area contributed by atoms with Crippen molar-refractivity contribution in [3.63, 3.8) is 0 Å². The molecule has 1 aromatic carbocycles. The Morgan fingerprint density at radius 1 is 1.29 bits per heavy atom. The molecule has 2 N–H and O–H groups in total. The number of benzene rings is 1. The first-order chi connectivity index (χ1) is 11.7. The number of aromatic nitrogens is 2. The normalized spacial score (nSPS) is 11.8. The molecule has 0 atom stereocenters. The van der Waals surface area contributed by atoms with Gasteiger partial charge in [-0.3, -0.25) is 4.79 Å². The van der Waals surface area contributed by atoms with Gasteiger partial charge in [0.2, 0.25) is 0 Å². The molecule has 0 aliphatic carbocycles. The molecule has 1 heterocycles. The third-order valence-corrected chi connectivity index (χ3v) is 3.22. The fourth-order valence-electron chi connectivity index (χ4n) is 2.17. The second-order valence-electron chi connectivity index (χ2n) is 4.92. The summed E-state index contributed by atoms with van der Waals surface area (Å²) in [5.41, 5.74) is 1.57. The van der Waals surface area contributed by atoms with Crippen molar-refractivity contribution in [2.75, 3.05) is 13.2 Å². The SMILES string of the molecule is CCOC(=O)CC(CCON)=C(On1ccnc1)c1ccccc1. The molecule has 0 bridgehead atoms. The van der Waals surface area contributed by atoms with Crippen LogP contribution in [0.5, 0.6) is 0 Å². The molecule has 0 amide bonds. The highest BCUT2D eigenvalue weighted by Gasteiger charge is 2.17. The van der Waals surface area contributed by atoms with Crippen LogP contribution in [0, 0.1) is 0 Å². The van der Waals surface area contributed by atoms with Gasteiger partial charge in [0.15, 0.2) is 5.76 Å². The second-order valence-corrected chi connectivity index (χ2v) is 4.92. The van der Waals surface area contributed by atoms with E-state index in [9.17, 15) is 4.79 Å². The van der Waals surface area contributed by atoms with E-state index >= 15 is 0 Å². The predicted octanol–water partition coefficient (Wildman–Crippen LogP) is 1.96. The third kappa shape index (κ3) is 5.22. The molecule has 2 aromatic rings. The lowest BCUT2D eigenvalue weighted by Gasteiger charge is -2.16. The van der Waals surface area contributed by atoms with Crippen LogP contribution in [0.4, 0.5) is 0 Å². The van der Waals surface area contributed by atoms with E-state index in [1.54, 1.807) is 19.3 Å². The zero-order valence-corrected chi connectivity index (χ0v) is 13.6. The predicted molar refractivity (Wildman–Crippen MR) is 88.2 cm³/mol. The molecule has 0 saturated heterocycles. The maximum atomic E-state index is 12.0. The van der Waals surface area contributed by atoms with E-state index in [4.69, 9.17) is 15.5 Å². The van der Waals surface area contributed by atoms with Crippen LogP contribution in [0.25, 0.3) is 5.76 Å². The average molecular weight is 331 g/mol. The maximum Gasteiger partial charge on any atom is 0.310 e. The van der Waals surface area contributed by atoms with Crippen molar-refractivity contribution in [3.8, 4) is 0 Å². The number of nitrogens with two attached hydrogens (primary N) is 1. The first-order valence-electron chi connectivity index (χ1n) is 7.65. The molecule has 128 valence electrons. The smallest absolute Gasteiger partial charge is 0.310 e. The minimum absolute atomic E-state index is 0.0934. The van der Waals surface area contributed by atoms with Crippen LogP contribution in [0.1, 0.15) is 25.3 Å². The van der Waals surface area contributed by atoms with Gasteiger partial charge >= 0.3 is 5.97 Å². The molecule has 7 nitrogen and oxygen atoms in total. The minimum Gasteiger partial charge on any atom is -0.466 e. The maximum absolute atomic E-state index is 12.0. The van der Waals surface area contributed by atoms with E-state index in [-0.39, 0.29) is 19.0 Å². The molecule has 1 aromatic heterocycles. The number of imidazole rings is 1. The van der Waals surface area contributed by atoms with E-state index in [0.717, 1.165) is 11.1 Å². The van der Waals surface area contributed by atoms with Crippen molar-refractivity contribution < 1.29 is 19.2 Å². The fraction of sp³-hybridized carbons (Fsp3) is 0.294. The van der Waals surface area contributed by atoms with Crippen LogP contribution in [0.15, 0.2) is 54.6 Å². The van der Waals surface area contributed by atoms with Crippen molar-refractivity contribution in [3.05, 3.63) is 60.2 Å². The van der Waals surface area contributed by atoms with Crippen LogP contribution >= 0.6 is 0 Å². The summed E-state index contributed by atoms with van der Waals surface area (Å²) in [6, 6.07) is 9.51. The molecule has 0 radical (unpaired) electrons. The zero-order valence-electron chi connectivity index (χ0n) is 13.6. The molecule has 2 rings (SSSR count). The standard InChI is InChI=1S/C17H21N3O4/c1-2-22-16(21)12-15(8-11-23-18)17(14-6-4-3-5-7-14)24-20-10-9-19-13-20/h3-7,9-10,13H,2,8,11-12,18H2,1H3. The number of nitrogens with zero attached hydrogens (tertiary/aromatic N) is 2. The molecule has 7 heteroatoms. The Morgan fingerprint density at radius 3 is 2.71 bits per heavy atom. The topological polar surface area (TPSA) is 88.6 Å². The van der Waals surface area contributed by atoms with Crippen LogP contribution in [0.3, 0.4) is 0 Å². The molecule has 0 spiro atoms. The summed E-state index contributed by atoms with van der Waals surface area (Å²) in [6.45, 7) is 2.35. The van der Waals surface area contributed by atoms with Crippen LogP contribution in [-0.4, -0.2) is 28.9 Å². The largest absolute Gasteiger partial charge is 0.466 e. The highest BCUT2D eigenvalue weighted by molar-refractivity contribution is 5.76. The quantitative estimate of drug-likeness (QED) is 0.429. The summed E-state index contributed by atoms with van der Waals surface area (Å²) in [5, 5.41) is 0. The number of ether oxygens (including phenoxy) is 1. The fourth-order valence-corrected chi connectivity index (χ4v) is 2.17. The Kier molecular flexibility index (Phi) is 7.00. The van der Waals surface area contributed by atoms with Crippen LogP contribution in [-0.2, 0) is 14.4 Å². The van der Waals surface area contributed by atoms with Gasteiger partial charge in [-0.2, -0.15) is 4.73 Å². The van der Waals surface area contributed by atoms with Crippen molar-refractivity contribution in [2.24, 2.45) is 5.90 Å². The highest BCUT2D eigenvalue weighted by atomic mass is 16.7. The number of hydrogen-bond acceptors (Lipinski definition) is 6. The van der Waals surface area contributed by atoms with Gasteiger partial charge < -0.3 is 14.4 Å². The lowest BCUT2D eigenvalue weighted by molar-refractivity contribution is -0.142. The second kappa shape index (κ2) is 9.49. The first-order valence-corrected chi connectivity index (χ1v) is 7.65. The van der Waals surface area contributed by atoms with Gasteiger partial charge in [0, 0.05) is 11.8 Å². The molecule has 0 saturated carbocycles. The summed E-state index contributed by atoms with van der Waals surface area (Å²) >= 11 is 0. The van der Waals surface area contributed by atoms with Gasteiger partial charge in [-0.05, 0) is 18.9 Å². The lowest BCUT2D eigenvalue weighted by Crippen LogP contribution is -2.15. The monoisotopic (exact) mass is 331 g/mol. The van der Waals surface area contributed by atoms with Gasteiger partial charge in [-0.15, -0.1) is 0 Å². The molecule has 0 fully saturated rings. The van der Waals surface area contributed by atoms with E-state index in [0.29, 0.717) is 18.8 Å². The molecule has 0 aliphatic rings. The summed E-state index contributed by atoms with van der Waals surface area (Å²) in [7, 11) is 0. The van der Waals surface area contributed by atoms with E-state index in [1.807, 2.05) is 30.3 Å². The Labute approximate surface area is 140 Å². The molecule has 0 unspecified atom stereocenters. The number of esters is 1. The average Bonchev–Trinajstić information content (AvgIpc) is 3.11. The highest BCUT2D eigenvalue weighted by Crippen LogP contribution is 2.23. The Balaban J connectivity index is 2.38. The van der Waals surface area contributed by atoms with E-state index in [1.165, 1.54) is 11.1 Å². The number of hydrogen-bond donors (Lipinski definition) is 1. The molecular formula is C17H21N3O4. The Morgan fingerprint density at radius 2 is 2.08 bits per heavy atom. The third-order valence-electron chi connectivity index (χ3n) is 3.22. The van der Waals surface area contributed by atoms with Gasteiger partial charge in [0.1, 0.15) is 6.33 Å². The van der Waals surface area contributed by atoms with Gasteiger partial charge in [-0.25, -0.2) is 10.9 Å². The van der Waals surface area contributed by atoms with Gasteiger partial charge in [0.25, 0.3) is 0 Å². The minimum atomic E-state index is -0.327. The first kappa shape index (κ1) is 17.7. The van der Waals surface area contributed by atoms with Crippen molar-refractivity contribution in [2.45, 2.75) is 19.8 Å². The van der Waals surface area contributed by atoms with E-state index < -0.39 is 0 Å². The lowest BCUT2D eigenvalue weighted by atomic mass is 10.0. The van der Waals surface area contributed by atoms with Crippen LogP contribution < -0.4 is 10.7 Å². The Hall–Kier alpha value is -2.64. The van der Waals surface area contributed by atoms with Gasteiger partial charge in [0.05, 0.1) is 25.8 Å². The number of carbonyl (C=O) groups excluding carboxylic acids is 1. The summed E-state index contributed by atoms with van der Waals surface area (Å²) in [5.74, 6) is 5.37. The van der Waals surface area contributed by atoms with E-state index in [2.05, 4.69) is 9.82 Å². The molecule has 0 aliphatic heterocycles. The number of carbonyl (C=O) groups is 1. The summed E-state index contributed by atoms with van der Waals surface area (Å²) in [4.78, 5) is 26.5. The van der Waals surface area contributed by atoms with Crippen molar-refractivity contribution in [1.29, 1.82) is 0 Å². The Bertz CT molecular complexity index is 654. The van der Waals surface area contributed by atoms with Gasteiger partial charge in [-0.1, -0.05) is 30.3 Å². The zero-order chi connectivity index (χ0) is 17.2. The number of rotatable bonds is 9.